The quantitative estimate of drug-likeness (QED) is 0.380. The summed E-state index contributed by atoms with van der Waals surface area (Å²) in [6, 6.07) is 21.4. The van der Waals surface area contributed by atoms with Gasteiger partial charge in [0.2, 0.25) is 5.88 Å². The van der Waals surface area contributed by atoms with E-state index in [0.717, 1.165) is 22.0 Å². The van der Waals surface area contributed by atoms with E-state index in [2.05, 4.69) is 42.2 Å². The molecule has 0 aliphatic rings. The molecule has 4 aromatic rings. The Balaban J connectivity index is 1.73. The lowest BCUT2D eigenvalue weighted by molar-refractivity contribution is 0.0988. The Kier molecular flexibility index (Phi) is 5.09. The molecule has 0 amide bonds. The second-order valence-electron chi connectivity index (χ2n) is 7.10. The van der Waals surface area contributed by atoms with Gasteiger partial charge in [-0.2, -0.15) is 0 Å². The molecule has 0 spiro atoms. The van der Waals surface area contributed by atoms with E-state index in [0.29, 0.717) is 23.6 Å². The predicted molar refractivity (Wildman–Crippen MR) is 116 cm³/mol. The lowest BCUT2D eigenvalue weighted by Gasteiger charge is -2.11. The Hall–Kier alpha value is -3.53. The molecule has 4 rings (SSSR count). The van der Waals surface area contributed by atoms with Gasteiger partial charge >= 0.3 is 0 Å². The summed E-state index contributed by atoms with van der Waals surface area (Å²) in [5.74, 6) is 1.18. The van der Waals surface area contributed by atoms with Crippen molar-refractivity contribution < 1.29 is 9.53 Å². The number of ketones is 1. The molecule has 0 radical (unpaired) electrons. The first-order chi connectivity index (χ1) is 14.1. The minimum atomic E-state index is 0.111. The van der Waals surface area contributed by atoms with E-state index >= 15 is 0 Å². The topological polar surface area (TPSA) is 52.1 Å². The van der Waals surface area contributed by atoms with E-state index in [1.807, 2.05) is 31.2 Å². The minimum absolute atomic E-state index is 0.111. The lowest BCUT2D eigenvalue weighted by atomic mass is 10.0. The number of fused-ring (bicyclic) bond motifs is 1. The van der Waals surface area contributed by atoms with Crippen molar-refractivity contribution in [1.82, 2.24) is 10.2 Å². The molecule has 1 heterocycles. The van der Waals surface area contributed by atoms with Crippen molar-refractivity contribution in [2.75, 3.05) is 0 Å². The van der Waals surface area contributed by atoms with E-state index in [1.54, 1.807) is 24.3 Å². The van der Waals surface area contributed by atoms with Crippen LogP contribution in [0.5, 0.6) is 11.6 Å². The second kappa shape index (κ2) is 7.84. The highest BCUT2D eigenvalue weighted by atomic mass is 16.5. The molecule has 0 saturated carbocycles. The number of hydrogen-bond acceptors (Lipinski definition) is 4. The van der Waals surface area contributed by atoms with Crippen LogP contribution in [0, 0.1) is 13.8 Å². The number of nitrogens with zero attached hydrogens (tertiary/aromatic N) is 2. The molecule has 4 heteroatoms. The molecule has 1 aromatic heterocycles. The van der Waals surface area contributed by atoms with Gasteiger partial charge in [-0.1, -0.05) is 37.3 Å². The summed E-state index contributed by atoms with van der Waals surface area (Å²) < 4.78 is 6.01. The van der Waals surface area contributed by atoms with E-state index in [9.17, 15) is 4.79 Å². The molecule has 0 aliphatic carbocycles. The first kappa shape index (κ1) is 18.8. The summed E-state index contributed by atoms with van der Waals surface area (Å²) in [6.45, 7) is 6.05. The zero-order valence-electron chi connectivity index (χ0n) is 16.8. The zero-order chi connectivity index (χ0) is 20.4. The molecule has 0 fully saturated rings. The van der Waals surface area contributed by atoms with Gasteiger partial charge in [-0.15, -0.1) is 10.2 Å². The normalized spacial score (nSPS) is 10.9. The SMILES string of the molecule is CCC(=O)c1ccc(Oc2nnc(-c3ccc(C)c(C)c3)c3ccccc23)cc1. The highest BCUT2D eigenvalue weighted by Crippen LogP contribution is 2.33. The average Bonchev–Trinajstić information content (AvgIpc) is 2.76. The Morgan fingerprint density at radius 3 is 2.28 bits per heavy atom. The standard InChI is InChI=1S/C25H22N2O2/c1-4-23(28)18-11-13-20(14-12-18)29-25-22-8-6-5-7-21(22)24(26-27-25)19-10-9-16(2)17(3)15-19/h5-15H,4H2,1-3H3. The van der Waals surface area contributed by atoms with E-state index in [4.69, 9.17) is 4.74 Å². The third kappa shape index (κ3) is 3.74. The number of aromatic nitrogens is 2. The summed E-state index contributed by atoms with van der Waals surface area (Å²) in [7, 11) is 0. The Morgan fingerprint density at radius 2 is 1.59 bits per heavy atom. The van der Waals surface area contributed by atoms with Gasteiger partial charge in [-0.3, -0.25) is 4.79 Å². The predicted octanol–water partition coefficient (Wildman–Crippen LogP) is 6.30. The van der Waals surface area contributed by atoms with Crippen LogP contribution in [-0.2, 0) is 0 Å². The second-order valence-corrected chi connectivity index (χ2v) is 7.10. The molecule has 29 heavy (non-hydrogen) atoms. The summed E-state index contributed by atoms with van der Waals surface area (Å²) >= 11 is 0. The molecule has 3 aromatic carbocycles. The zero-order valence-corrected chi connectivity index (χ0v) is 16.8. The first-order valence-corrected chi connectivity index (χ1v) is 9.71. The third-order valence-corrected chi connectivity index (χ3v) is 5.15. The fraction of sp³-hybridized carbons (Fsp3) is 0.160. The van der Waals surface area contributed by atoms with Gasteiger partial charge < -0.3 is 4.74 Å². The molecule has 0 atom stereocenters. The van der Waals surface area contributed by atoms with Gasteiger partial charge in [0, 0.05) is 28.3 Å². The lowest BCUT2D eigenvalue weighted by Crippen LogP contribution is -1.98. The maximum Gasteiger partial charge on any atom is 0.246 e. The van der Waals surface area contributed by atoms with Gasteiger partial charge in [0.1, 0.15) is 11.4 Å². The number of carbonyl (C=O) groups excluding carboxylic acids is 1. The van der Waals surface area contributed by atoms with Crippen LogP contribution < -0.4 is 4.74 Å². The number of carbonyl (C=O) groups is 1. The Morgan fingerprint density at radius 1 is 0.862 bits per heavy atom. The third-order valence-electron chi connectivity index (χ3n) is 5.15. The van der Waals surface area contributed by atoms with Gasteiger partial charge in [0.25, 0.3) is 0 Å². The number of aryl methyl sites for hydroxylation is 2. The summed E-state index contributed by atoms with van der Waals surface area (Å²) in [5, 5.41) is 10.7. The van der Waals surface area contributed by atoms with E-state index in [-0.39, 0.29) is 5.78 Å². The highest BCUT2D eigenvalue weighted by Gasteiger charge is 2.13. The Labute approximate surface area is 170 Å². The van der Waals surface area contributed by atoms with Crippen LogP contribution in [0.25, 0.3) is 22.0 Å². The van der Waals surface area contributed by atoms with E-state index in [1.165, 1.54) is 11.1 Å². The van der Waals surface area contributed by atoms with Crippen molar-refractivity contribution in [3.63, 3.8) is 0 Å². The van der Waals surface area contributed by atoms with Crippen LogP contribution in [0.1, 0.15) is 34.8 Å². The summed E-state index contributed by atoms with van der Waals surface area (Å²) in [6.07, 6.45) is 0.482. The smallest absolute Gasteiger partial charge is 0.246 e. The molecule has 0 N–H and O–H groups in total. The fourth-order valence-corrected chi connectivity index (χ4v) is 3.28. The van der Waals surface area contributed by atoms with Crippen molar-refractivity contribution in [3.8, 4) is 22.9 Å². The van der Waals surface area contributed by atoms with Crippen LogP contribution in [-0.4, -0.2) is 16.0 Å². The number of hydrogen-bond donors (Lipinski definition) is 0. The van der Waals surface area contributed by atoms with Gasteiger partial charge in [-0.25, -0.2) is 0 Å². The average molecular weight is 382 g/mol. The van der Waals surface area contributed by atoms with Gasteiger partial charge in [-0.05, 0) is 61.4 Å². The van der Waals surface area contributed by atoms with Gasteiger partial charge in [0.05, 0.1) is 0 Å². The van der Waals surface area contributed by atoms with Crippen LogP contribution >= 0.6 is 0 Å². The molecule has 0 unspecified atom stereocenters. The molecule has 0 saturated heterocycles. The molecule has 0 bridgehead atoms. The monoisotopic (exact) mass is 382 g/mol. The molecule has 4 nitrogen and oxygen atoms in total. The van der Waals surface area contributed by atoms with Gasteiger partial charge in [0.15, 0.2) is 5.78 Å². The molecule has 0 aliphatic heterocycles. The van der Waals surface area contributed by atoms with Crippen molar-refractivity contribution in [1.29, 1.82) is 0 Å². The maximum absolute atomic E-state index is 11.8. The number of Topliss-reactive ketones (excluding diaryl/α,β-unsaturated/α-hetero) is 1. The van der Waals surface area contributed by atoms with Crippen molar-refractivity contribution in [2.24, 2.45) is 0 Å². The van der Waals surface area contributed by atoms with Crippen molar-refractivity contribution in [2.45, 2.75) is 27.2 Å². The summed E-state index contributed by atoms with van der Waals surface area (Å²) in [5.41, 5.74) is 5.01. The highest BCUT2D eigenvalue weighted by molar-refractivity contribution is 5.97. The van der Waals surface area contributed by atoms with E-state index < -0.39 is 0 Å². The fourth-order valence-electron chi connectivity index (χ4n) is 3.28. The number of rotatable bonds is 5. The largest absolute Gasteiger partial charge is 0.437 e. The van der Waals surface area contributed by atoms with Crippen LogP contribution in [0.4, 0.5) is 0 Å². The summed E-state index contributed by atoms with van der Waals surface area (Å²) in [4.78, 5) is 11.8. The van der Waals surface area contributed by atoms with Crippen LogP contribution in [0.3, 0.4) is 0 Å². The maximum atomic E-state index is 11.8. The van der Waals surface area contributed by atoms with Crippen molar-refractivity contribution in [3.05, 3.63) is 83.4 Å². The first-order valence-electron chi connectivity index (χ1n) is 9.71. The molecular weight excluding hydrogens is 360 g/mol. The Bertz CT molecular complexity index is 1200. The number of ether oxygens (including phenoxy) is 1. The minimum Gasteiger partial charge on any atom is -0.437 e. The number of benzene rings is 3. The molecular formula is C25H22N2O2. The molecule has 144 valence electrons. The van der Waals surface area contributed by atoms with Crippen LogP contribution in [0.15, 0.2) is 66.7 Å². The van der Waals surface area contributed by atoms with Crippen LogP contribution in [0.2, 0.25) is 0 Å². The van der Waals surface area contributed by atoms with Crippen molar-refractivity contribution >= 4 is 16.6 Å².